The number of rotatable bonds is 4. The molecule has 1 saturated carbocycles. The highest BCUT2D eigenvalue weighted by Gasteiger charge is 2.41. The van der Waals surface area contributed by atoms with Gasteiger partial charge in [0.2, 0.25) is 5.89 Å². The van der Waals surface area contributed by atoms with E-state index in [2.05, 4.69) is 20.6 Å². The lowest BCUT2D eigenvalue weighted by molar-refractivity contribution is 0.0848. The van der Waals surface area contributed by atoms with Crippen molar-refractivity contribution in [2.45, 2.75) is 63.8 Å². The van der Waals surface area contributed by atoms with Crippen molar-refractivity contribution >= 4 is 5.91 Å². The minimum absolute atomic E-state index is 0.210. The van der Waals surface area contributed by atoms with Crippen LogP contribution in [0.3, 0.4) is 0 Å². The molecular formula is C22H24FN5O2. The number of hydrogen-bond acceptors (Lipinski definition) is 5. The molecule has 156 valence electrons. The maximum absolute atomic E-state index is 13.4. The molecule has 2 heterocycles. The standard InChI is InChI=1S/C22H24FN5O2/c1-14-24-21(27-30-14)22(12-3-2-4-13-22)25-20(29)19-17-6-5-7-18(17)28(26-19)16-10-8-15(23)9-11-16/h8-11H,2-7,12-13H2,1H3,(H,25,29). The van der Waals surface area contributed by atoms with E-state index in [0.717, 1.165) is 68.3 Å². The van der Waals surface area contributed by atoms with E-state index in [1.807, 2.05) is 0 Å². The number of benzene rings is 1. The van der Waals surface area contributed by atoms with Crippen LogP contribution in [0.25, 0.3) is 5.69 Å². The Kier molecular flexibility index (Phi) is 4.64. The fraction of sp³-hybridized carbons (Fsp3) is 0.455. The van der Waals surface area contributed by atoms with Crippen LogP contribution in [0.2, 0.25) is 0 Å². The molecule has 2 aliphatic rings. The summed E-state index contributed by atoms with van der Waals surface area (Å²) in [6, 6.07) is 6.20. The molecule has 30 heavy (non-hydrogen) atoms. The minimum atomic E-state index is -0.627. The highest BCUT2D eigenvalue weighted by Crippen LogP contribution is 2.36. The third-order valence-corrected chi connectivity index (χ3v) is 6.23. The predicted octanol–water partition coefficient (Wildman–Crippen LogP) is 3.78. The molecule has 1 N–H and O–H groups in total. The van der Waals surface area contributed by atoms with Gasteiger partial charge in [0.05, 0.1) is 5.69 Å². The van der Waals surface area contributed by atoms with Gasteiger partial charge in [-0.05, 0) is 56.4 Å². The van der Waals surface area contributed by atoms with Crippen molar-refractivity contribution in [2.75, 3.05) is 0 Å². The Morgan fingerprint density at radius 2 is 1.90 bits per heavy atom. The largest absolute Gasteiger partial charge is 0.340 e. The van der Waals surface area contributed by atoms with E-state index < -0.39 is 5.54 Å². The van der Waals surface area contributed by atoms with Gasteiger partial charge in [-0.2, -0.15) is 10.1 Å². The summed E-state index contributed by atoms with van der Waals surface area (Å²) in [4.78, 5) is 17.9. The van der Waals surface area contributed by atoms with Gasteiger partial charge in [-0.25, -0.2) is 9.07 Å². The van der Waals surface area contributed by atoms with Crippen molar-refractivity contribution < 1.29 is 13.7 Å². The molecule has 1 amide bonds. The second kappa shape index (κ2) is 7.34. The van der Waals surface area contributed by atoms with Crippen LogP contribution in [0, 0.1) is 12.7 Å². The van der Waals surface area contributed by atoms with Crippen molar-refractivity contribution in [1.82, 2.24) is 25.2 Å². The van der Waals surface area contributed by atoms with E-state index in [0.29, 0.717) is 17.4 Å². The highest BCUT2D eigenvalue weighted by atomic mass is 19.1. The fourth-order valence-corrected chi connectivity index (χ4v) is 4.75. The molecule has 2 aliphatic carbocycles. The normalized spacial score (nSPS) is 17.7. The predicted molar refractivity (Wildman–Crippen MR) is 107 cm³/mol. The summed E-state index contributed by atoms with van der Waals surface area (Å²) in [5.74, 6) is 0.530. The Morgan fingerprint density at radius 1 is 1.13 bits per heavy atom. The SMILES string of the molecule is Cc1nc(C2(NC(=O)c3nn(-c4ccc(F)cc4)c4c3CCC4)CCCCC2)no1. The van der Waals surface area contributed by atoms with Crippen LogP contribution in [0.5, 0.6) is 0 Å². The zero-order valence-corrected chi connectivity index (χ0v) is 16.9. The number of hydrogen-bond donors (Lipinski definition) is 1. The quantitative estimate of drug-likeness (QED) is 0.709. The molecule has 2 aromatic heterocycles. The first-order valence-electron chi connectivity index (χ1n) is 10.6. The Hall–Kier alpha value is -3.03. The van der Waals surface area contributed by atoms with Gasteiger partial charge >= 0.3 is 0 Å². The van der Waals surface area contributed by atoms with Crippen LogP contribution >= 0.6 is 0 Å². The maximum atomic E-state index is 13.4. The van der Waals surface area contributed by atoms with E-state index in [-0.39, 0.29) is 11.7 Å². The van der Waals surface area contributed by atoms with Gasteiger partial charge in [-0.3, -0.25) is 4.79 Å². The number of carbonyl (C=O) groups is 1. The number of nitrogens with one attached hydrogen (secondary N) is 1. The first kappa shape index (κ1) is 19.0. The number of fused-ring (bicyclic) bond motifs is 1. The van der Waals surface area contributed by atoms with Crippen LogP contribution in [-0.2, 0) is 18.4 Å². The zero-order chi connectivity index (χ0) is 20.7. The summed E-state index contributed by atoms with van der Waals surface area (Å²) >= 11 is 0. The molecule has 3 aromatic rings. The Bertz CT molecular complexity index is 1080. The topological polar surface area (TPSA) is 85.8 Å². The van der Waals surface area contributed by atoms with Crippen LogP contribution in [-0.4, -0.2) is 25.8 Å². The van der Waals surface area contributed by atoms with Crippen molar-refractivity contribution in [2.24, 2.45) is 0 Å². The number of halogens is 1. The summed E-state index contributed by atoms with van der Waals surface area (Å²) in [5.41, 5.74) is 2.58. The zero-order valence-electron chi connectivity index (χ0n) is 16.9. The van der Waals surface area contributed by atoms with Crippen molar-refractivity contribution in [1.29, 1.82) is 0 Å². The van der Waals surface area contributed by atoms with Gasteiger partial charge in [-0.15, -0.1) is 0 Å². The van der Waals surface area contributed by atoms with Crippen molar-refractivity contribution in [3.05, 3.63) is 58.7 Å². The van der Waals surface area contributed by atoms with Gasteiger partial charge in [0.1, 0.15) is 11.4 Å². The number of carbonyl (C=O) groups excluding carboxylic acids is 1. The van der Waals surface area contributed by atoms with Gasteiger partial charge in [0, 0.05) is 18.2 Å². The fourth-order valence-electron chi connectivity index (χ4n) is 4.75. The van der Waals surface area contributed by atoms with E-state index in [4.69, 9.17) is 4.52 Å². The highest BCUT2D eigenvalue weighted by molar-refractivity contribution is 5.94. The van der Waals surface area contributed by atoms with Crippen LogP contribution in [0.15, 0.2) is 28.8 Å². The van der Waals surface area contributed by atoms with Gasteiger partial charge in [0.15, 0.2) is 11.5 Å². The number of aryl methyl sites for hydroxylation is 1. The number of aromatic nitrogens is 4. The Morgan fingerprint density at radius 3 is 2.60 bits per heavy atom. The van der Waals surface area contributed by atoms with E-state index in [1.54, 1.807) is 23.7 Å². The minimum Gasteiger partial charge on any atom is -0.340 e. The van der Waals surface area contributed by atoms with E-state index >= 15 is 0 Å². The third-order valence-electron chi connectivity index (χ3n) is 6.23. The lowest BCUT2D eigenvalue weighted by Gasteiger charge is -2.35. The monoisotopic (exact) mass is 409 g/mol. The molecule has 7 nitrogen and oxygen atoms in total. The van der Waals surface area contributed by atoms with E-state index in [1.165, 1.54) is 12.1 Å². The second-order valence-electron chi connectivity index (χ2n) is 8.25. The van der Waals surface area contributed by atoms with Gasteiger partial charge in [0.25, 0.3) is 5.91 Å². The summed E-state index contributed by atoms with van der Waals surface area (Å²) in [5, 5.41) is 12.0. The molecule has 0 unspecified atom stereocenters. The molecule has 1 fully saturated rings. The van der Waals surface area contributed by atoms with Crippen LogP contribution < -0.4 is 5.32 Å². The molecule has 0 saturated heterocycles. The van der Waals surface area contributed by atoms with Crippen molar-refractivity contribution in [3.8, 4) is 5.69 Å². The number of amides is 1. The smallest absolute Gasteiger partial charge is 0.272 e. The second-order valence-corrected chi connectivity index (χ2v) is 8.25. The molecule has 0 atom stereocenters. The molecule has 0 aliphatic heterocycles. The molecule has 8 heteroatoms. The summed E-state index contributed by atoms with van der Waals surface area (Å²) in [6.07, 6.45) is 7.31. The average molecular weight is 409 g/mol. The summed E-state index contributed by atoms with van der Waals surface area (Å²) in [6.45, 7) is 1.76. The summed E-state index contributed by atoms with van der Waals surface area (Å²) in [7, 11) is 0. The van der Waals surface area contributed by atoms with Crippen LogP contribution in [0.1, 0.15) is 72.0 Å². The summed E-state index contributed by atoms with van der Waals surface area (Å²) < 4.78 is 20.4. The molecule has 0 bridgehead atoms. The molecular weight excluding hydrogens is 385 g/mol. The lowest BCUT2D eigenvalue weighted by Crippen LogP contribution is -2.48. The van der Waals surface area contributed by atoms with Gasteiger partial charge in [-0.1, -0.05) is 24.4 Å². The maximum Gasteiger partial charge on any atom is 0.272 e. The third kappa shape index (κ3) is 3.20. The van der Waals surface area contributed by atoms with E-state index in [9.17, 15) is 9.18 Å². The first-order chi connectivity index (χ1) is 14.6. The van der Waals surface area contributed by atoms with Gasteiger partial charge < -0.3 is 9.84 Å². The average Bonchev–Trinajstić information content (AvgIpc) is 3.46. The van der Waals surface area contributed by atoms with Crippen LogP contribution in [0.4, 0.5) is 4.39 Å². The Labute approximate surface area is 173 Å². The Balaban J connectivity index is 1.50. The molecule has 0 spiro atoms. The number of nitrogens with zero attached hydrogens (tertiary/aromatic N) is 4. The lowest BCUT2D eigenvalue weighted by atomic mass is 9.80. The molecule has 0 radical (unpaired) electrons. The molecule has 5 rings (SSSR count). The first-order valence-corrected chi connectivity index (χ1v) is 10.6. The molecule has 1 aromatic carbocycles. The van der Waals surface area contributed by atoms with Crippen molar-refractivity contribution in [3.63, 3.8) is 0 Å².